The highest BCUT2D eigenvalue weighted by molar-refractivity contribution is 4.57. The Bertz CT molecular complexity index is 99.3. The Morgan fingerprint density at radius 1 is 1.00 bits per heavy atom. The van der Waals surface area contributed by atoms with Gasteiger partial charge in [-0.2, -0.15) is 0 Å². The predicted molar refractivity (Wildman–Crippen MR) is 61.0 cm³/mol. The van der Waals surface area contributed by atoms with Crippen LogP contribution in [-0.4, -0.2) is 13.1 Å². The maximum Gasteiger partial charge on any atom is -0.00233 e. The Balaban J connectivity index is 3.12. The summed E-state index contributed by atoms with van der Waals surface area (Å²) in [5, 5.41) is 3.40. The molecule has 1 unspecified atom stereocenters. The lowest BCUT2D eigenvalue weighted by Crippen LogP contribution is -2.20. The van der Waals surface area contributed by atoms with Gasteiger partial charge < -0.3 is 5.32 Å². The molecule has 0 radical (unpaired) electrons. The average Bonchev–Trinajstić information content (AvgIpc) is 2.08. The van der Waals surface area contributed by atoms with Crippen molar-refractivity contribution in [3.63, 3.8) is 0 Å². The van der Waals surface area contributed by atoms with Crippen molar-refractivity contribution in [1.82, 2.24) is 5.32 Å². The van der Waals surface area contributed by atoms with Gasteiger partial charge in [0.05, 0.1) is 0 Å². The number of rotatable bonds is 8. The van der Waals surface area contributed by atoms with E-state index in [2.05, 4.69) is 33.0 Å². The number of nitrogens with one attached hydrogen (secondary N) is 1. The van der Waals surface area contributed by atoms with Gasteiger partial charge in [-0.3, -0.25) is 0 Å². The molecular formula is C12H27N. The summed E-state index contributed by atoms with van der Waals surface area (Å²) >= 11 is 0. The third-order valence-corrected chi connectivity index (χ3v) is 2.47. The molecule has 0 aromatic rings. The molecule has 0 fully saturated rings. The molecule has 0 aromatic heterocycles. The van der Waals surface area contributed by atoms with Gasteiger partial charge in [-0.15, -0.1) is 0 Å². The van der Waals surface area contributed by atoms with Gasteiger partial charge in [0, 0.05) is 0 Å². The third kappa shape index (κ3) is 9.88. The molecule has 0 aliphatic heterocycles. The molecule has 1 nitrogen and oxygen atoms in total. The molecule has 0 amide bonds. The van der Waals surface area contributed by atoms with E-state index < -0.39 is 0 Å². The van der Waals surface area contributed by atoms with Crippen LogP contribution in [0.1, 0.15) is 53.4 Å². The van der Waals surface area contributed by atoms with Crippen LogP contribution in [0.4, 0.5) is 0 Å². The van der Waals surface area contributed by atoms with Crippen molar-refractivity contribution >= 4 is 0 Å². The molecule has 1 heteroatoms. The SMILES string of the molecule is CCNCC(C)CCCCC(C)C. The Hall–Kier alpha value is -0.0400. The predicted octanol–water partition coefficient (Wildman–Crippen LogP) is 3.45. The first kappa shape index (κ1) is 13.0. The Kier molecular flexibility index (Phi) is 8.53. The summed E-state index contributed by atoms with van der Waals surface area (Å²) in [5.74, 6) is 1.73. The van der Waals surface area contributed by atoms with E-state index in [4.69, 9.17) is 0 Å². The Labute approximate surface area is 84.3 Å². The molecular weight excluding hydrogens is 158 g/mol. The minimum atomic E-state index is 0.854. The zero-order valence-electron chi connectivity index (χ0n) is 9.90. The van der Waals surface area contributed by atoms with Crippen LogP contribution in [0.3, 0.4) is 0 Å². The van der Waals surface area contributed by atoms with E-state index in [9.17, 15) is 0 Å². The quantitative estimate of drug-likeness (QED) is 0.571. The molecule has 0 rings (SSSR count). The van der Waals surface area contributed by atoms with E-state index >= 15 is 0 Å². The van der Waals surface area contributed by atoms with E-state index in [0.29, 0.717) is 0 Å². The van der Waals surface area contributed by atoms with Crippen molar-refractivity contribution in [3.8, 4) is 0 Å². The zero-order valence-corrected chi connectivity index (χ0v) is 9.90. The van der Waals surface area contributed by atoms with Gasteiger partial charge in [0.1, 0.15) is 0 Å². The molecule has 0 saturated heterocycles. The molecule has 0 bridgehead atoms. The summed E-state index contributed by atoms with van der Waals surface area (Å²) in [5.41, 5.74) is 0. The van der Waals surface area contributed by atoms with Crippen LogP contribution >= 0.6 is 0 Å². The molecule has 0 saturated carbocycles. The van der Waals surface area contributed by atoms with Crippen molar-refractivity contribution in [1.29, 1.82) is 0 Å². The number of hydrogen-bond acceptors (Lipinski definition) is 1. The largest absolute Gasteiger partial charge is 0.317 e. The lowest BCUT2D eigenvalue weighted by Gasteiger charge is -2.11. The summed E-state index contributed by atoms with van der Waals surface area (Å²) in [6.07, 6.45) is 5.60. The minimum absolute atomic E-state index is 0.854. The summed E-state index contributed by atoms with van der Waals surface area (Å²) in [6.45, 7) is 11.4. The van der Waals surface area contributed by atoms with E-state index in [1.807, 2.05) is 0 Å². The van der Waals surface area contributed by atoms with Crippen molar-refractivity contribution in [2.24, 2.45) is 11.8 Å². The number of hydrogen-bond donors (Lipinski definition) is 1. The van der Waals surface area contributed by atoms with Gasteiger partial charge in [0.2, 0.25) is 0 Å². The normalized spacial score (nSPS) is 13.6. The molecule has 13 heavy (non-hydrogen) atoms. The molecule has 1 N–H and O–H groups in total. The average molecular weight is 185 g/mol. The van der Waals surface area contributed by atoms with Crippen molar-refractivity contribution < 1.29 is 0 Å². The second-order valence-electron chi connectivity index (χ2n) is 4.59. The fourth-order valence-electron chi connectivity index (χ4n) is 1.54. The fourth-order valence-corrected chi connectivity index (χ4v) is 1.54. The van der Waals surface area contributed by atoms with E-state index in [1.165, 1.54) is 32.2 Å². The minimum Gasteiger partial charge on any atom is -0.317 e. The van der Waals surface area contributed by atoms with Crippen LogP contribution in [0.25, 0.3) is 0 Å². The highest BCUT2D eigenvalue weighted by atomic mass is 14.8. The van der Waals surface area contributed by atoms with Crippen LogP contribution in [0.2, 0.25) is 0 Å². The highest BCUT2D eigenvalue weighted by Crippen LogP contribution is 2.12. The first-order valence-corrected chi connectivity index (χ1v) is 5.87. The van der Waals surface area contributed by atoms with Crippen molar-refractivity contribution in [2.75, 3.05) is 13.1 Å². The molecule has 0 aliphatic rings. The second-order valence-corrected chi connectivity index (χ2v) is 4.59. The highest BCUT2D eigenvalue weighted by Gasteiger charge is 2.01. The monoisotopic (exact) mass is 185 g/mol. The molecule has 0 spiro atoms. The Morgan fingerprint density at radius 3 is 2.15 bits per heavy atom. The van der Waals surface area contributed by atoms with Gasteiger partial charge in [-0.1, -0.05) is 47.0 Å². The zero-order chi connectivity index (χ0) is 10.1. The summed E-state index contributed by atoms with van der Waals surface area (Å²) in [6, 6.07) is 0. The smallest absolute Gasteiger partial charge is 0.00233 e. The van der Waals surface area contributed by atoms with Crippen LogP contribution in [-0.2, 0) is 0 Å². The molecule has 80 valence electrons. The van der Waals surface area contributed by atoms with Gasteiger partial charge in [0.25, 0.3) is 0 Å². The lowest BCUT2D eigenvalue weighted by atomic mass is 10.00. The fraction of sp³-hybridized carbons (Fsp3) is 1.00. The first-order valence-electron chi connectivity index (χ1n) is 5.87. The first-order chi connectivity index (χ1) is 6.16. The van der Waals surface area contributed by atoms with Crippen LogP contribution in [0, 0.1) is 11.8 Å². The van der Waals surface area contributed by atoms with Gasteiger partial charge in [0.15, 0.2) is 0 Å². The van der Waals surface area contributed by atoms with Gasteiger partial charge >= 0.3 is 0 Å². The van der Waals surface area contributed by atoms with Crippen LogP contribution in [0.15, 0.2) is 0 Å². The second kappa shape index (κ2) is 8.55. The number of unbranched alkanes of at least 4 members (excludes halogenated alkanes) is 1. The molecule has 0 aromatic carbocycles. The van der Waals surface area contributed by atoms with E-state index in [-0.39, 0.29) is 0 Å². The van der Waals surface area contributed by atoms with Gasteiger partial charge in [-0.05, 0) is 31.3 Å². The van der Waals surface area contributed by atoms with Crippen molar-refractivity contribution in [3.05, 3.63) is 0 Å². The Morgan fingerprint density at radius 2 is 1.62 bits per heavy atom. The topological polar surface area (TPSA) is 12.0 Å². The van der Waals surface area contributed by atoms with Crippen molar-refractivity contribution in [2.45, 2.75) is 53.4 Å². The van der Waals surface area contributed by atoms with Crippen LogP contribution < -0.4 is 5.32 Å². The maximum atomic E-state index is 3.40. The molecule has 0 aliphatic carbocycles. The summed E-state index contributed by atoms with van der Waals surface area (Å²) < 4.78 is 0. The standard InChI is InChI=1S/C12H27N/c1-5-13-10-12(4)9-7-6-8-11(2)3/h11-13H,5-10H2,1-4H3. The maximum absolute atomic E-state index is 3.40. The molecule has 1 atom stereocenters. The lowest BCUT2D eigenvalue weighted by molar-refractivity contribution is 0.443. The summed E-state index contributed by atoms with van der Waals surface area (Å²) in [4.78, 5) is 0. The molecule has 0 heterocycles. The van der Waals surface area contributed by atoms with E-state index in [1.54, 1.807) is 0 Å². The third-order valence-electron chi connectivity index (χ3n) is 2.47. The summed E-state index contributed by atoms with van der Waals surface area (Å²) in [7, 11) is 0. The van der Waals surface area contributed by atoms with Gasteiger partial charge in [-0.25, -0.2) is 0 Å². The van der Waals surface area contributed by atoms with Crippen LogP contribution in [0.5, 0.6) is 0 Å². The van der Waals surface area contributed by atoms with E-state index in [0.717, 1.165) is 18.4 Å².